The molecule has 0 fully saturated rings. The lowest BCUT2D eigenvalue weighted by Gasteiger charge is -2.25. The normalized spacial score (nSPS) is 11.4. The number of anilines is 1. The molecule has 1 rings (SSSR count). The summed E-state index contributed by atoms with van der Waals surface area (Å²) in [5.41, 5.74) is 8.06. The number of nitrogens with two attached hydrogens (primary N) is 1. The van der Waals surface area contributed by atoms with Gasteiger partial charge in [-0.2, -0.15) is 0 Å². The van der Waals surface area contributed by atoms with Crippen molar-refractivity contribution >= 4 is 11.6 Å². The molecule has 3 heteroatoms. The average Bonchev–Trinajstić information content (AvgIpc) is 2.27. The number of aryl methyl sites for hydroxylation is 1. The first-order valence-corrected chi connectivity index (χ1v) is 6.97. The van der Waals surface area contributed by atoms with E-state index in [1.165, 1.54) is 0 Å². The maximum Gasteiger partial charge on any atom is 0.253 e. The third kappa shape index (κ3) is 4.27. The van der Waals surface area contributed by atoms with Gasteiger partial charge in [-0.25, -0.2) is 0 Å². The second-order valence-corrected chi connectivity index (χ2v) is 5.95. The van der Waals surface area contributed by atoms with Gasteiger partial charge < -0.3 is 11.1 Å². The third-order valence-electron chi connectivity index (χ3n) is 3.66. The van der Waals surface area contributed by atoms with Crippen molar-refractivity contribution in [2.45, 2.75) is 34.6 Å². The van der Waals surface area contributed by atoms with Crippen LogP contribution in [0.15, 0.2) is 18.2 Å². The first kappa shape index (κ1) is 15.5. The zero-order valence-corrected chi connectivity index (χ0v) is 12.7. The van der Waals surface area contributed by atoms with Crippen LogP contribution in [0.2, 0.25) is 0 Å². The molecule has 19 heavy (non-hydrogen) atoms. The molecular formula is C16H26N2O. The summed E-state index contributed by atoms with van der Waals surface area (Å²) in [6, 6.07) is 5.53. The van der Waals surface area contributed by atoms with Crippen LogP contribution in [0, 0.1) is 24.7 Å². The van der Waals surface area contributed by atoms with Crippen molar-refractivity contribution in [2.24, 2.45) is 17.8 Å². The predicted molar refractivity (Wildman–Crippen MR) is 81.1 cm³/mol. The smallest absolute Gasteiger partial charge is 0.253 e. The van der Waals surface area contributed by atoms with Gasteiger partial charge in [0.1, 0.15) is 0 Å². The highest BCUT2D eigenvalue weighted by atomic mass is 16.1. The van der Waals surface area contributed by atoms with E-state index in [-0.39, 0.29) is 5.91 Å². The number of hydrogen-bond acceptors (Lipinski definition) is 2. The summed E-state index contributed by atoms with van der Waals surface area (Å²) < 4.78 is 0. The van der Waals surface area contributed by atoms with Crippen LogP contribution in [0.4, 0.5) is 5.69 Å². The monoisotopic (exact) mass is 262 g/mol. The van der Waals surface area contributed by atoms with Gasteiger partial charge in [0.15, 0.2) is 0 Å². The first-order chi connectivity index (χ1) is 8.82. The summed E-state index contributed by atoms with van der Waals surface area (Å²) in [5, 5.41) is 3.00. The molecule has 3 N–H and O–H groups in total. The van der Waals surface area contributed by atoms with Crippen LogP contribution in [-0.4, -0.2) is 12.5 Å². The fourth-order valence-electron chi connectivity index (χ4n) is 2.44. The van der Waals surface area contributed by atoms with E-state index >= 15 is 0 Å². The lowest BCUT2D eigenvalue weighted by molar-refractivity contribution is 0.0938. The number of hydrogen-bond donors (Lipinski definition) is 2. The van der Waals surface area contributed by atoms with Crippen LogP contribution >= 0.6 is 0 Å². The number of carbonyl (C=O) groups excluding carboxylic acids is 1. The highest BCUT2D eigenvalue weighted by Gasteiger charge is 2.19. The number of amides is 1. The number of carbonyl (C=O) groups is 1. The van der Waals surface area contributed by atoms with Crippen molar-refractivity contribution in [1.82, 2.24) is 5.32 Å². The largest absolute Gasteiger partial charge is 0.398 e. The van der Waals surface area contributed by atoms with E-state index in [9.17, 15) is 4.79 Å². The zero-order valence-electron chi connectivity index (χ0n) is 12.7. The molecule has 106 valence electrons. The van der Waals surface area contributed by atoms with Gasteiger partial charge >= 0.3 is 0 Å². The summed E-state index contributed by atoms with van der Waals surface area (Å²) in [6.45, 7) is 11.4. The molecule has 0 spiro atoms. The van der Waals surface area contributed by atoms with E-state index in [4.69, 9.17) is 5.73 Å². The average molecular weight is 262 g/mol. The first-order valence-electron chi connectivity index (χ1n) is 6.97. The lowest BCUT2D eigenvalue weighted by atomic mass is 9.85. The van der Waals surface area contributed by atoms with Crippen LogP contribution in [-0.2, 0) is 0 Å². The SMILES string of the molecule is Cc1ccc(C(=O)NCC(C(C)C)C(C)C)c(N)c1. The highest BCUT2D eigenvalue weighted by molar-refractivity contribution is 5.99. The molecule has 1 aromatic carbocycles. The summed E-state index contributed by atoms with van der Waals surface area (Å²) in [4.78, 5) is 12.1. The Balaban J connectivity index is 2.69. The van der Waals surface area contributed by atoms with Gasteiger partial charge in [0, 0.05) is 12.2 Å². The molecule has 0 aliphatic rings. The van der Waals surface area contributed by atoms with E-state index in [1.807, 2.05) is 19.1 Å². The van der Waals surface area contributed by atoms with Crippen LogP contribution in [0.5, 0.6) is 0 Å². The molecule has 0 heterocycles. The Morgan fingerprint density at radius 1 is 1.21 bits per heavy atom. The molecule has 0 bridgehead atoms. The molecule has 0 aliphatic carbocycles. The maximum absolute atomic E-state index is 12.1. The van der Waals surface area contributed by atoms with Gasteiger partial charge in [0.05, 0.1) is 5.56 Å². The Labute approximate surface area is 116 Å². The Kier molecular flexibility index (Phi) is 5.40. The van der Waals surface area contributed by atoms with Gasteiger partial charge in [-0.05, 0) is 42.4 Å². The topological polar surface area (TPSA) is 55.1 Å². The molecule has 0 aromatic heterocycles. The number of nitrogen functional groups attached to an aromatic ring is 1. The van der Waals surface area contributed by atoms with Crippen molar-refractivity contribution in [1.29, 1.82) is 0 Å². The molecule has 0 radical (unpaired) electrons. The quantitative estimate of drug-likeness (QED) is 0.800. The van der Waals surface area contributed by atoms with Gasteiger partial charge in [0.2, 0.25) is 0 Å². The van der Waals surface area contributed by atoms with Crippen molar-refractivity contribution in [3.8, 4) is 0 Å². The fourth-order valence-corrected chi connectivity index (χ4v) is 2.44. The molecule has 1 aromatic rings. The number of rotatable bonds is 5. The van der Waals surface area contributed by atoms with Crippen molar-refractivity contribution in [2.75, 3.05) is 12.3 Å². The minimum atomic E-state index is -0.0798. The van der Waals surface area contributed by atoms with E-state index < -0.39 is 0 Å². The van der Waals surface area contributed by atoms with Crippen molar-refractivity contribution < 1.29 is 4.79 Å². The molecule has 3 nitrogen and oxygen atoms in total. The standard InChI is InChI=1S/C16H26N2O/c1-10(2)14(11(3)4)9-18-16(19)13-7-6-12(5)8-15(13)17/h6-8,10-11,14H,9,17H2,1-5H3,(H,18,19). The molecule has 0 saturated carbocycles. The second-order valence-electron chi connectivity index (χ2n) is 5.95. The molecule has 0 saturated heterocycles. The minimum Gasteiger partial charge on any atom is -0.398 e. The van der Waals surface area contributed by atoms with Crippen molar-refractivity contribution in [3.05, 3.63) is 29.3 Å². The molecular weight excluding hydrogens is 236 g/mol. The Morgan fingerprint density at radius 3 is 2.26 bits per heavy atom. The zero-order chi connectivity index (χ0) is 14.6. The van der Waals surface area contributed by atoms with Crippen LogP contribution in [0.1, 0.15) is 43.6 Å². The Morgan fingerprint density at radius 2 is 1.79 bits per heavy atom. The minimum absolute atomic E-state index is 0.0798. The maximum atomic E-state index is 12.1. The highest BCUT2D eigenvalue weighted by Crippen LogP contribution is 2.20. The van der Waals surface area contributed by atoms with E-state index in [0.717, 1.165) is 5.56 Å². The Hall–Kier alpha value is -1.51. The number of nitrogens with one attached hydrogen (secondary N) is 1. The summed E-state index contributed by atoms with van der Waals surface area (Å²) >= 11 is 0. The van der Waals surface area contributed by atoms with Gasteiger partial charge in [0.25, 0.3) is 5.91 Å². The fraction of sp³-hybridized carbons (Fsp3) is 0.562. The summed E-state index contributed by atoms with van der Waals surface area (Å²) in [7, 11) is 0. The van der Waals surface area contributed by atoms with E-state index in [0.29, 0.717) is 35.5 Å². The van der Waals surface area contributed by atoms with Crippen LogP contribution in [0.3, 0.4) is 0 Å². The van der Waals surface area contributed by atoms with E-state index in [2.05, 4.69) is 33.0 Å². The van der Waals surface area contributed by atoms with Gasteiger partial charge in [-0.15, -0.1) is 0 Å². The lowest BCUT2D eigenvalue weighted by Crippen LogP contribution is -2.34. The third-order valence-corrected chi connectivity index (χ3v) is 3.66. The van der Waals surface area contributed by atoms with Crippen molar-refractivity contribution in [3.63, 3.8) is 0 Å². The summed E-state index contributed by atoms with van der Waals surface area (Å²) in [6.07, 6.45) is 0. The van der Waals surface area contributed by atoms with Crippen LogP contribution < -0.4 is 11.1 Å². The van der Waals surface area contributed by atoms with E-state index in [1.54, 1.807) is 6.07 Å². The predicted octanol–water partition coefficient (Wildman–Crippen LogP) is 3.24. The Bertz CT molecular complexity index is 430. The van der Waals surface area contributed by atoms with Gasteiger partial charge in [-0.1, -0.05) is 33.8 Å². The van der Waals surface area contributed by atoms with Crippen LogP contribution in [0.25, 0.3) is 0 Å². The van der Waals surface area contributed by atoms with Gasteiger partial charge in [-0.3, -0.25) is 4.79 Å². The number of benzene rings is 1. The molecule has 0 atom stereocenters. The molecule has 0 aliphatic heterocycles. The molecule has 1 amide bonds. The summed E-state index contributed by atoms with van der Waals surface area (Å²) in [5.74, 6) is 1.51. The second kappa shape index (κ2) is 6.60. The molecule has 0 unspecified atom stereocenters.